The van der Waals surface area contributed by atoms with Gasteiger partial charge in [0.25, 0.3) is 0 Å². The Morgan fingerprint density at radius 3 is 2.89 bits per heavy atom. The highest BCUT2D eigenvalue weighted by Gasteiger charge is 2.29. The van der Waals surface area contributed by atoms with Crippen LogP contribution in [-0.2, 0) is 0 Å². The average Bonchev–Trinajstić information content (AvgIpc) is 2.31. The van der Waals surface area contributed by atoms with Crippen molar-refractivity contribution in [3.8, 4) is 12.3 Å². The highest BCUT2D eigenvalue weighted by Crippen LogP contribution is 2.36. The van der Waals surface area contributed by atoms with Crippen LogP contribution in [0.4, 0.5) is 0 Å². The lowest BCUT2D eigenvalue weighted by atomic mass is 9.75. The van der Waals surface area contributed by atoms with Gasteiger partial charge in [0.05, 0.1) is 0 Å². The SMILES string of the molecule is C#CCCCCNC1CC(c2cccc(C)c2)C1. The summed E-state index contributed by atoms with van der Waals surface area (Å²) >= 11 is 0. The fourth-order valence-electron chi connectivity index (χ4n) is 2.64. The van der Waals surface area contributed by atoms with E-state index in [4.69, 9.17) is 6.42 Å². The summed E-state index contributed by atoms with van der Waals surface area (Å²) in [5.41, 5.74) is 2.89. The predicted octanol–water partition coefficient (Wildman–Crippen LogP) is 3.63. The largest absolute Gasteiger partial charge is 0.314 e. The first-order chi connectivity index (χ1) is 8.79. The van der Waals surface area contributed by atoms with Crippen molar-refractivity contribution < 1.29 is 0 Å². The molecule has 2 rings (SSSR count). The minimum Gasteiger partial charge on any atom is -0.314 e. The molecule has 0 bridgehead atoms. The van der Waals surface area contributed by atoms with Crippen molar-refractivity contribution in [1.29, 1.82) is 0 Å². The Kier molecular flexibility index (Phi) is 4.84. The van der Waals surface area contributed by atoms with Gasteiger partial charge in [-0.2, -0.15) is 0 Å². The van der Waals surface area contributed by atoms with Crippen molar-refractivity contribution in [2.75, 3.05) is 6.54 Å². The molecular weight excluding hydrogens is 218 g/mol. The molecule has 0 aliphatic heterocycles. The second-order valence-electron chi connectivity index (χ2n) is 5.39. The van der Waals surface area contributed by atoms with Crippen molar-refractivity contribution in [3.63, 3.8) is 0 Å². The lowest BCUT2D eigenvalue weighted by Crippen LogP contribution is -2.40. The summed E-state index contributed by atoms with van der Waals surface area (Å²) in [4.78, 5) is 0. The van der Waals surface area contributed by atoms with Gasteiger partial charge in [0, 0.05) is 12.5 Å². The second kappa shape index (κ2) is 6.61. The second-order valence-corrected chi connectivity index (χ2v) is 5.39. The topological polar surface area (TPSA) is 12.0 Å². The maximum absolute atomic E-state index is 5.23. The number of nitrogens with one attached hydrogen (secondary N) is 1. The highest BCUT2D eigenvalue weighted by atomic mass is 14.9. The lowest BCUT2D eigenvalue weighted by Gasteiger charge is -2.36. The third-order valence-corrected chi connectivity index (χ3v) is 3.83. The first-order valence-electron chi connectivity index (χ1n) is 7.03. The van der Waals surface area contributed by atoms with E-state index in [0.717, 1.165) is 31.3 Å². The fraction of sp³-hybridized carbons (Fsp3) is 0.529. The Labute approximate surface area is 111 Å². The van der Waals surface area contributed by atoms with E-state index in [0.29, 0.717) is 0 Å². The molecule has 0 spiro atoms. The molecule has 1 nitrogen and oxygen atoms in total. The lowest BCUT2D eigenvalue weighted by molar-refractivity contribution is 0.290. The Morgan fingerprint density at radius 1 is 1.33 bits per heavy atom. The Balaban J connectivity index is 1.64. The third kappa shape index (κ3) is 3.62. The third-order valence-electron chi connectivity index (χ3n) is 3.83. The zero-order chi connectivity index (χ0) is 12.8. The van der Waals surface area contributed by atoms with Gasteiger partial charge in [0.15, 0.2) is 0 Å². The molecule has 0 unspecified atom stereocenters. The number of hydrogen-bond acceptors (Lipinski definition) is 1. The summed E-state index contributed by atoms with van der Waals surface area (Å²) in [6.07, 6.45) is 11.1. The molecule has 18 heavy (non-hydrogen) atoms. The van der Waals surface area contributed by atoms with Gasteiger partial charge < -0.3 is 5.32 Å². The van der Waals surface area contributed by atoms with E-state index in [9.17, 15) is 0 Å². The van der Waals surface area contributed by atoms with Crippen LogP contribution in [0.25, 0.3) is 0 Å². The summed E-state index contributed by atoms with van der Waals surface area (Å²) < 4.78 is 0. The van der Waals surface area contributed by atoms with Crippen molar-refractivity contribution in [2.24, 2.45) is 0 Å². The molecule has 0 atom stereocenters. The molecular formula is C17H23N. The van der Waals surface area contributed by atoms with E-state index in [-0.39, 0.29) is 0 Å². The fourth-order valence-corrected chi connectivity index (χ4v) is 2.64. The van der Waals surface area contributed by atoms with Crippen molar-refractivity contribution >= 4 is 0 Å². The van der Waals surface area contributed by atoms with Crippen molar-refractivity contribution in [1.82, 2.24) is 5.32 Å². The van der Waals surface area contributed by atoms with Gasteiger partial charge in [-0.05, 0) is 50.6 Å². The molecule has 1 aromatic carbocycles. The number of hydrogen-bond donors (Lipinski definition) is 1. The zero-order valence-corrected chi connectivity index (χ0v) is 11.3. The normalized spacial score (nSPS) is 22.2. The van der Waals surface area contributed by atoms with Crippen LogP contribution in [0.15, 0.2) is 24.3 Å². The van der Waals surface area contributed by atoms with Crippen molar-refractivity contribution in [2.45, 2.75) is 51.0 Å². The first kappa shape index (κ1) is 13.2. The maximum atomic E-state index is 5.23. The molecule has 0 heterocycles. The number of rotatable bonds is 6. The van der Waals surface area contributed by atoms with Crippen LogP contribution in [0.1, 0.15) is 49.1 Å². The quantitative estimate of drug-likeness (QED) is 0.592. The van der Waals surface area contributed by atoms with Crippen molar-refractivity contribution in [3.05, 3.63) is 35.4 Å². The van der Waals surface area contributed by atoms with Crippen LogP contribution in [0.3, 0.4) is 0 Å². The van der Waals surface area contributed by atoms with Crippen LogP contribution in [-0.4, -0.2) is 12.6 Å². The molecule has 0 aromatic heterocycles. The summed E-state index contributed by atoms with van der Waals surface area (Å²) in [6, 6.07) is 9.66. The minimum atomic E-state index is 0.723. The van der Waals surface area contributed by atoms with E-state index in [1.165, 1.54) is 30.4 Å². The molecule has 0 radical (unpaired) electrons. The molecule has 0 amide bonds. The summed E-state index contributed by atoms with van der Waals surface area (Å²) in [7, 11) is 0. The van der Waals surface area contributed by atoms with Gasteiger partial charge in [0.1, 0.15) is 0 Å². The van der Waals surface area contributed by atoms with Crippen LogP contribution in [0.2, 0.25) is 0 Å². The number of aryl methyl sites for hydroxylation is 1. The molecule has 1 fully saturated rings. The molecule has 1 N–H and O–H groups in total. The van der Waals surface area contributed by atoms with Gasteiger partial charge in [-0.25, -0.2) is 0 Å². The predicted molar refractivity (Wildman–Crippen MR) is 77.6 cm³/mol. The molecule has 1 aliphatic rings. The Hall–Kier alpha value is -1.26. The molecule has 1 heteroatoms. The summed E-state index contributed by atoms with van der Waals surface area (Å²) in [6.45, 7) is 3.29. The Bertz CT molecular complexity index is 410. The van der Waals surface area contributed by atoms with Gasteiger partial charge in [0.2, 0.25) is 0 Å². The van der Waals surface area contributed by atoms with Crippen LogP contribution in [0, 0.1) is 19.3 Å². The standard InChI is InChI=1S/C17H23N/c1-3-4-5-6-10-18-17-12-16(13-17)15-9-7-8-14(2)11-15/h1,7-9,11,16-18H,4-6,10,12-13H2,2H3. The van der Waals surface area contributed by atoms with E-state index in [1.807, 2.05) is 0 Å². The molecule has 1 aromatic rings. The molecule has 1 saturated carbocycles. The smallest absolute Gasteiger partial charge is 0.00865 e. The maximum Gasteiger partial charge on any atom is 0.00865 e. The molecule has 0 saturated heterocycles. The van der Waals surface area contributed by atoms with Gasteiger partial charge in [-0.3, -0.25) is 0 Å². The van der Waals surface area contributed by atoms with Gasteiger partial charge >= 0.3 is 0 Å². The minimum absolute atomic E-state index is 0.723. The summed E-state index contributed by atoms with van der Waals surface area (Å²) in [5, 5.41) is 3.62. The Morgan fingerprint density at radius 2 is 2.17 bits per heavy atom. The van der Waals surface area contributed by atoms with Crippen LogP contribution < -0.4 is 5.32 Å². The first-order valence-corrected chi connectivity index (χ1v) is 7.03. The van der Waals surface area contributed by atoms with E-state index < -0.39 is 0 Å². The van der Waals surface area contributed by atoms with Crippen LogP contribution in [0.5, 0.6) is 0 Å². The van der Waals surface area contributed by atoms with E-state index in [1.54, 1.807) is 0 Å². The van der Waals surface area contributed by atoms with E-state index in [2.05, 4.69) is 42.4 Å². The monoisotopic (exact) mass is 241 g/mol. The van der Waals surface area contributed by atoms with Gasteiger partial charge in [-0.1, -0.05) is 29.8 Å². The summed E-state index contributed by atoms with van der Waals surface area (Å²) in [5.74, 6) is 3.46. The number of benzene rings is 1. The van der Waals surface area contributed by atoms with Crippen LogP contribution >= 0.6 is 0 Å². The molecule has 96 valence electrons. The number of terminal acetylenes is 1. The number of unbranched alkanes of at least 4 members (excludes halogenated alkanes) is 2. The van der Waals surface area contributed by atoms with Gasteiger partial charge in [-0.15, -0.1) is 12.3 Å². The van der Waals surface area contributed by atoms with E-state index >= 15 is 0 Å². The average molecular weight is 241 g/mol. The zero-order valence-electron chi connectivity index (χ0n) is 11.3. The molecule has 1 aliphatic carbocycles. The highest BCUT2D eigenvalue weighted by molar-refractivity contribution is 5.27.